The van der Waals surface area contributed by atoms with Gasteiger partial charge < -0.3 is 10.6 Å². The molecule has 1 aromatic heterocycles. The van der Waals surface area contributed by atoms with Crippen LogP contribution in [-0.4, -0.2) is 17.4 Å². The summed E-state index contributed by atoms with van der Waals surface area (Å²) in [5.41, 5.74) is 1.56. The van der Waals surface area contributed by atoms with Crippen LogP contribution in [0.4, 0.5) is 11.5 Å². The second kappa shape index (κ2) is 6.54. The Bertz CT molecular complexity index is 540. The van der Waals surface area contributed by atoms with E-state index in [0.717, 1.165) is 12.1 Å². The van der Waals surface area contributed by atoms with Crippen molar-refractivity contribution in [2.24, 2.45) is 0 Å². The highest BCUT2D eigenvalue weighted by Crippen LogP contribution is 2.14. The van der Waals surface area contributed by atoms with E-state index in [9.17, 15) is 4.79 Å². The summed E-state index contributed by atoms with van der Waals surface area (Å²) in [6, 6.07) is 13.2. The van der Waals surface area contributed by atoms with E-state index in [2.05, 4.69) is 15.6 Å². The molecule has 0 radical (unpaired) electrons. The average Bonchev–Trinajstić information content (AvgIpc) is 2.46. The summed E-state index contributed by atoms with van der Waals surface area (Å²) in [4.78, 5) is 16.0. The molecule has 4 heteroatoms. The molecule has 2 aromatic rings. The van der Waals surface area contributed by atoms with Gasteiger partial charge in [-0.05, 0) is 30.7 Å². The number of amides is 1. The van der Waals surface area contributed by atoms with Crippen molar-refractivity contribution >= 4 is 17.4 Å². The van der Waals surface area contributed by atoms with Gasteiger partial charge in [0, 0.05) is 24.0 Å². The minimum absolute atomic E-state index is 0.0691. The maximum Gasteiger partial charge on any atom is 0.251 e. The van der Waals surface area contributed by atoms with Crippen molar-refractivity contribution < 1.29 is 4.79 Å². The predicted octanol–water partition coefficient (Wildman–Crippen LogP) is 2.97. The van der Waals surface area contributed by atoms with Crippen molar-refractivity contribution in [1.29, 1.82) is 0 Å². The van der Waals surface area contributed by atoms with Crippen LogP contribution in [0, 0.1) is 0 Å². The zero-order chi connectivity index (χ0) is 13.5. The summed E-state index contributed by atoms with van der Waals surface area (Å²) < 4.78 is 0. The third kappa shape index (κ3) is 3.81. The molecule has 4 nitrogen and oxygen atoms in total. The molecule has 2 N–H and O–H groups in total. The van der Waals surface area contributed by atoms with Crippen molar-refractivity contribution in [2.45, 2.75) is 13.3 Å². The van der Waals surface area contributed by atoms with Gasteiger partial charge in [-0.1, -0.05) is 25.1 Å². The van der Waals surface area contributed by atoms with Crippen molar-refractivity contribution in [2.75, 3.05) is 11.9 Å². The van der Waals surface area contributed by atoms with Gasteiger partial charge in [-0.25, -0.2) is 4.98 Å². The van der Waals surface area contributed by atoms with Gasteiger partial charge in [0.15, 0.2) is 0 Å². The summed E-state index contributed by atoms with van der Waals surface area (Å²) >= 11 is 0. The Morgan fingerprint density at radius 3 is 2.74 bits per heavy atom. The number of pyridine rings is 1. The average molecular weight is 255 g/mol. The molecule has 1 heterocycles. The third-order valence-corrected chi connectivity index (χ3v) is 2.60. The van der Waals surface area contributed by atoms with E-state index in [0.29, 0.717) is 17.9 Å². The Morgan fingerprint density at radius 1 is 1.21 bits per heavy atom. The minimum Gasteiger partial charge on any atom is -0.352 e. The van der Waals surface area contributed by atoms with E-state index in [1.807, 2.05) is 37.3 Å². The third-order valence-electron chi connectivity index (χ3n) is 2.60. The number of aromatic nitrogens is 1. The quantitative estimate of drug-likeness (QED) is 0.863. The Morgan fingerprint density at radius 2 is 2.00 bits per heavy atom. The largest absolute Gasteiger partial charge is 0.352 e. The lowest BCUT2D eigenvalue weighted by atomic mass is 10.2. The molecule has 0 saturated heterocycles. The number of anilines is 2. The van der Waals surface area contributed by atoms with E-state index >= 15 is 0 Å². The zero-order valence-corrected chi connectivity index (χ0v) is 10.9. The van der Waals surface area contributed by atoms with Crippen LogP contribution >= 0.6 is 0 Å². The van der Waals surface area contributed by atoms with Crippen LogP contribution in [0.5, 0.6) is 0 Å². The van der Waals surface area contributed by atoms with Gasteiger partial charge in [0.05, 0.1) is 0 Å². The number of nitrogens with one attached hydrogen (secondary N) is 2. The summed E-state index contributed by atoms with van der Waals surface area (Å²) in [5, 5.41) is 6.01. The number of rotatable bonds is 5. The Hall–Kier alpha value is -2.36. The van der Waals surface area contributed by atoms with Crippen LogP contribution in [0.3, 0.4) is 0 Å². The van der Waals surface area contributed by atoms with E-state index in [4.69, 9.17) is 0 Å². The normalized spacial score (nSPS) is 9.95. The number of hydrogen-bond acceptors (Lipinski definition) is 3. The smallest absolute Gasteiger partial charge is 0.251 e. The number of nitrogens with zero attached hydrogens (tertiary/aromatic N) is 1. The van der Waals surface area contributed by atoms with Gasteiger partial charge in [-0.15, -0.1) is 0 Å². The summed E-state index contributed by atoms with van der Waals surface area (Å²) in [7, 11) is 0. The van der Waals surface area contributed by atoms with E-state index in [1.165, 1.54) is 0 Å². The van der Waals surface area contributed by atoms with Crippen LogP contribution in [0.15, 0.2) is 48.7 Å². The monoisotopic (exact) mass is 255 g/mol. The minimum atomic E-state index is -0.0691. The first-order valence-electron chi connectivity index (χ1n) is 6.36. The van der Waals surface area contributed by atoms with Gasteiger partial charge in [0.2, 0.25) is 0 Å². The van der Waals surface area contributed by atoms with Crippen LogP contribution in [0.1, 0.15) is 23.7 Å². The van der Waals surface area contributed by atoms with Crippen LogP contribution < -0.4 is 10.6 Å². The number of para-hydroxylation sites is 1. The standard InChI is InChI=1S/C15H17N3O/c1-2-9-17-15(19)12-8-10-16-14(11-12)18-13-6-4-3-5-7-13/h3-8,10-11H,2,9H2,1H3,(H,16,18)(H,17,19). The Balaban J connectivity index is 2.09. The molecule has 1 amide bonds. The molecule has 98 valence electrons. The SMILES string of the molecule is CCCNC(=O)c1ccnc(Nc2ccccc2)c1. The lowest BCUT2D eigenvalue weighted by Crippen LogP contribution is -2.24. The maximum atomic E-state index is 11.8. The molecule has 0 unspecified atom stereocenters. The van der Waals surface area contributed by atoms with Crippen molar-refractivity contribution in [1.82, 2.24) is 10.3 Å². The van der Waals surface area contributed by atoms with E-state index in [-0.39, 0.29) is 5.91 Å². The number of benzene rings is 1. The van der Waals surface area contributed by atoms with Crippen LogP contribution in [0.25, 0.3) is 0 Å². The first kappa shape index (κ1) is 13.1. The second-order valence-corrected chi connectivity index (χ2v) is 4.18. The predicted molar refractivity (Wildman–Crippen MR) is 76.6 cm³/mol. The lowest BCUT2D eigenvalue weighted by molar-refractivity contribution is 0.0953. The molecule has 0 spiro atoms. The Labute approximate surface area is 112 Å². The highest BCUT2D eigenvalue weighted by Gasteiger charge is 2.05. The molecule has 0 bridgehead atoms. The zero-order valence-electron chi connectivity index (χ0n) is 10.9. The Kier molecular flexibility index (Phi) is 4.50. The van der Waals surface area contributed by atoms with Crippen LogP contribution in [0.2, 0.25) is 0 Å². The topological polar surface area (TPSA) is 54.0 Å². The molecule has 2 rings (SSSR count). The first-order chi connectivity index (χ1) is 9.29. The fourth-order valence-corrected chi connectivity index (χ4v) is 1.65. The van der Waals surface area contributed by atoms with Crippen molar-refractivity contribution in [3.8, 4) is 0 Å². The highest BCUT2D eigenvalue weighted by atomic mass is 16.1. The van der Waals surface area contributed by atoms with Crippen molar-refractivity contribution in [3.63, 3.8) is 0 Å². The van der Waals surface area contributed by atoms with Gasteiger partial charge in [0.25, 0.3) is 5.91 Å². The van der Waals surface area contributed by atoms with Crippen molar-refractivity contribution in [3.05, 3.63) is 54.2 Å². The van der Waals surface area contributed by atoms with Gasteiger partial charge in [-0.3, -0.25) is 4.79 Å². The summed E-state index contributed by atoms with van der Waals surface area (Å²) in [6.07, 6.45) is 2.55. The fourth-order valence-electron chi connectivity index (χ4n) is 1.65. The van der Waals surface area contributed by atoms with E-state index < -0.39 is 0 Å². The molecule has 0 aliphatic rings. The molecule has 0 saturated carbocycles. The maximum absolute atomic E-state index is 11.8. The number of hydrogen-bond donors (Lipinski definition) is 2. The van der Waals surface area contributed by atoms with E-state index in [1.54, 1.807) is 18.3 Å². The first-order valence-corrected chi connectivity index (χ1v) is 6.36. The molecule has 0 aliphatic heterocycles. The van der Waals surface area contributed by atoms with Gasteiger partial charge >= 0.3 is 0 Å². The molecular weight excluding hydrogens is 238 g/mol. The van der Waals surface area contributed by atoms with Crippen LogP contribution in [-0.2, 0) is 0 Å². The lowest BCUT2D eigenvalue weighted by Gasteiger charge is -2.07. The number of carbonyl (C=O) groups is 1. The number of carbonyl (C=O) groups excluding carboxylic acids is 1. The fraction of sp³-hybridized carbons (Fsp3) is 0.200. The molecular formula is C15H17N3O. The van der Waals surface area contributed by atoms with Gasteiger partial charge in [-0.2, -0.15) is 0 Å². The molecule has 0 atom stereocenters. The molecule has 0 fully saturated rings. The summed E-state index contributed by atoms with van der Waals surface area (Å²) in [6.45, 7) is 2.71. The molecule has 1 aromatic carbocycles. The molecule has 0 aliphatic carbocycles. The molecule has 19 heavy (non-hydrogen) atoms. The highest BCUT2D eigenvalue weighted by molar-refractivity contribution is 5.94. The summed E-state index contributed by atoms with van der Waals surface area (Å²) in [5.74, 6) is 0.593. The second-order valence-electron chi connectivity index (χ2n) is 4.18. The van der Waals surface area contributed by atoms with Gasteiger partial charge in [0.1, 0.15) is 5.82 Å².